The molecule has 0 radical (unpaired) electrons. The Bertz CT molecular complexity index is 459. The first-order chi connectivity index (χ1) is 10.5. The molecule has 7 heteroatoms. The molecule has 6 nitrogen and oxygen atoms in total. The van der Waals surface area contributed by atoms with E-state index in [9.17, 15) is 14.0 Å². The molecule has 2 heterocycles. The molecule has 3 rings (SSSR count). The van der Waals surface area contributed by atoms with Gasteiger partial charge in [0.25, 0.3) is 0 Å². The molecule has 3 aliphatic rings. The van der Waals surface area contributed by atoms with Crippen molar-refractivity contribution in [2.75, 3.05) is 6.61 Å². The molecular formula is C15H23FN2O4. The summed E-state index contributed by atoms with van der Waals surface area (Å²) in [6.07, 6.45) is -1.07. The van der Waals surface area contributed by atoms with Crippen LogP contribution in [0.4, 0.5) is 9.18 Å². The van der Waals surface area contributed by atoms with E-state index in [1.165, 1.54) is 0 Å². The maximum absolute atomic E-state index is 14.7. The Hall–Kier alpha value is -1.21. The molecule has 2 aliphatic heterocycles. The van der Waals surface area contributed by atoms with Gasteiger partial charge in [-0.25, -0.2) is 9.18 Å². The molecule has 0 spiro atoms. The summed E-state index contributed by atoms with van der Waals surface area (Å²) in [5, 5.41) is 4.81. The second-order valence-electron chi connectivity index (χ2n) is 6.87. The van der Waals surface area contributed by atoms with Gasteiger partial charge in [-0.2, -0.15) is 0 Å². The number of fused-ring (bicyclic) bond motifs is 2. The predicted octanol–water partition coefficient (Wildman–Crippen LogP) is 1.35. The van der Waals surface area contributed by atoms with Crippen LogP contribution in [0.5, 0.6) is 0 Å². The van der Waals surface area contributed by atoms with Gasteiger partial charge in [0.05, 0.1) is 18.1 Å². The molecule has 0 aromatic heterocycles. The van der Waals surface area contributed by atoms with Gasteiger partial charge in [0.2, 0.25) is 5.91 Å². The van der Waals surface area contributed by atoms with Crippen LogP contribution >= 0.6 is 0 Å². The van der Waals surface area contributed by atoms with E-state index in [2.05, 4.69) is 10.6 Å². The fourth-order valence-electron chi connectivity index (χ4n) is 3.57. The van der Waals surface area contributed by atoms with E-state index in [0.29, 0.717) is 25.4 Å². The van der Waals surface area contributed by atoms with Crippen molar-refractivity contribution in [2.24, 2.45) is 17.8 Å². The molecule has 1 aliphatic carbocycles. The molecule has 22 heavy (non-hydrogen) atoms. The van der Waals surface area contributed by atoms with Crippen LogP contribution in [0.2, 0.25) is 0 Å². The molecule has 0 aromatic carbocycles. The normalized spacial score (nSPS) is 41.5. The van der Waals surface area contributed by atoms with E-state index < -0.39 is 36.6 Å². The maximum Gasteiger partial charge on any atom is 0.323 e. The maximum atomic E-state index is 14.7. The predicted molar refractivity (Wildman–Crippen MR) is 75.6 cm³/mol. The molecule has 6 atom stereocenters. The van der Waals surface area contributed by atoms with Crippen LogP contribution in [-0.4, -0.2) is 43.2 Å². The third-order valence-electron chi connectivity index (χ3n) is 4.67. The topological polar surface area (TPSA) is 76.7 Å². The van der Waals surface area contributed by atoms with E-state index in [1.54, 1.807) is 0 Å². The Morgan fingerprint density at radius 3 is 2.86 bits per heavy atom. The zero-order valence-electron chi connectivity index (χ0n) is 12.9. The third kappa shape index (κ3) is 2.96. The first-order valence-corrected chi connectivity index (χ1v) is 7.98. The summed E-state index contributed by atoms with van der Waals surface area (Å²) in [6.45, 7) is 4.57. The summed E-state index contributed by atoms with van der Waals surface area (Å²) in [4.78, 5) is 23.2. The number of hydrogen-bond donors (Lipinski definition) is 2. The van der Waals surface area contributed by atoms with Crippen LogP contribution in [-0.2, 0) is 14.3 Å². The zero-order chi connectivity index (χ0) is 15.9. The molecule has 2 saturated heterocycles. The van der Waals surface area contributed by atoms with E-state index >= 15 is 0 Å². The van der Waals surface area contributed by atoms with Gasteiger partial charge in [-0.3, -0.25) is 10.1 Å². The number of rotatable bonds is 3. The van der Waals surface area contributed by atoms with Crippen molar-refractivity contribution in [3.63, 3.8) is 0 Å². The first kappa shape index (κ1) is 15.7. The molecule has 0 bridgehead atoms. The molecule has 0 aromatic rings. The summed E-state index contributed by atoms with van der Waals surface area (Å²) >= 11 is 0. The average Bonchev–Trinajstić information content (AvgIpc) is 2.45. The first-order valence-electron chi connectivity index (χ1n) is 7.98. The van der Waals surface area contributed by atoms with Crippen molar-refractivity contribution in [3.8, 4) is 0 Å². The van der Waals surface area contributed by atoms with E-state index in [0.717, 1.165) is 6.42 Å². The largest absolute Gasteiger partial charge is 0.375 e. The monoisotopic (exact) mass is 314 g/mol. The number of alkyl halides is 1. The van der Waals surface area contributed by atoms with Crippen molar-refractivity contribution in [1.82, 2.24) is 10.6 Å². The van der Waals surface area contributed by atoms with Gasteiger partial charge in [-0.1, -0.05) is 13.8 Å². The fraction of sp³-hybridized carbons (Fsp3) is 0.867. The van der Waals surface area contributed by atoms with E-state index in [1.807, 2.05) is 13.8 Å². The van der Waals surface area contributed by atoms with Crippen LogP contribution in [0.1, 0.15) is 33.1 Å². The number of ether oxygens (including phenoxy) is 2. The second kappa shape index (κ2) is 6.12. The Morgan fingerprint density at radius 2 is 2.14 bits per heavy atom. The summed E-state index contributed by atoms with van der Waals surface area (Å²) in [7, 11) is 0. The lowest BCUT2D eigenvalue weighted by Gasteiger charge is -2.47. The highest BCUT2D eigenvalue weighted by atomic mass is 19.1. The molecule has 124 valence electrons. The number of nitrogens with one attached hydrogen (secondary N) is 2. The fourth-order valence-corrected chi connectivity index (χ4v) is 3.57. The van der Waals surface area contributed by atoms with Gasteiger partial charge >= 0.3 is 6.03 Å². The highest BCUT2D eigenvalue weighted by molar-refractivity contribution is 5.98. The number of carbonyl (C=O) groups excluding carboxylic acids is 2. The minimum Gasteiger partial charge on any atom is -0.375 e. The zero-order valence-corrected chi connectivity index (χ0v) is 12.9. The number of carbonyl (C=O) groups is 2. The molecular weight excluding hydrogens is 291 g/mol. The van der Waals surface area contributed by atoms with Crippen LogP contribution in [0.3, 0.4) is 0 Å². The molecule has 2 N–H and O–H groups in total. The van der Waals surface area contributed by atoms with Crippen LogP contribution in [0.15, 0.2) is 0 Å². The lowest BCUT2D eigenvalue weighted by molar-refractivity contribution is -0.197. The number of halogens is 1. The molecule has 6 unspecified atom stereocenters. The molecule has 3 fully saturated rings. The van der Waals surface area contributed by atoms with Crippen LogP contribution in [0.25, 0.3) is 0 Å². The summed E-state index contributed by atoms with van der Waals surface area (Å²) in [5.41, 5.74) is 0. The molecule has 1 saturated carbocycles. The average molecular weight is 314 g/mol. The van der Waals surface area contributed by atoms with Gasteiger partial charge in [0.1, 0.15) is 6.23 Å². The number of imide groups is 1. The molecule has 3 amide bonds. The van der Waals surface area contributed by atoms with Crippen molar-refractivity contribution in [3.05, 3.63) is 0 Å². The van der Waals surface area contributed by atoms with Crippen LogP contribution < -0.4 is 10.6 Å². The highest BCUT2D eigenvalue weighted by Gasteiger charge is 2.51. The summed E-state index contributed by atoms with van der Waals surface area (Å²) in [6, 6.07) is -0.580. The Labute approximate surface area is 129 Å². The smallest absolute Gasteiger partial charge is 0.323 e. The minimum atomic E-state index is -1.22. The SMILES string of the molecule is CC(C)COC1CCC2CC3C(=O)NC(=O)NC3OC2C1F. The number of urea groups is 1. The van der Waals surface area contributed by atoms with Gasteiger partial charge in [-0.05, 0) is 31.1 Å². The van der Waals surface area contributed by atoms with Crippen molar-refractivity contribution >= 4 is 11.9 Å². The van der Waals surface area contributed by atoms with Crippen LogP contribution in [0, 0.1) is 17.8 Å². The lowest BCUT2D eigenvalue weighted by atomic mass is 9.75. The van der Waals surface area contributed by atoms with Crippen molar-refractivity contribution in [1.29, 1.82) is 0 Å². The quantitative estimate of drug-likeness (QED) is 0.824. The Morgan fingerprint density at radius 1 is 1.36 bits per heavy atom. The van der Waals surface area contributed by atoms with Gasteiger partial charge < -0.3 is 14.8 Å². The number of amides is 3. The van der Waals surface area contributed by atoms with Crippen molar-refractivity contribution < 1.29 is 23.5 Å². The minimum absolute atomic E-state index is 0.00379. The highest BCUT2D eigenvalue weighted by Crippen LogP contribution is 2.41. The van der Waals surface area contributed by atoms with Gasteiger partial charge in [0, 0.05) is 6.61 Å². The van der Waals surface area contributed by atoms with Crippen molar-refractivity contribution in [2.45, 2.75) is 57.7 Å². The van der Waals surface area contributed by atoms with Gasteiger partial charge in [0.15, 0.2) is 6.17 Å². The lowest BCUT2D eigenvalue weighted by Crippen LogP contribution is -2.65. The van der Waals surface area contributed by atoms with E-state index in [-0.39, 0.29) is 11.8 Å². The summed E-state index contributed by atoms with van der Waals surface area (Å²) in [5.74, 6) is -0.418. The van der Waals surface area contributed by atoms with Gasteiger partial charge in [-0.15, -0.1) is 0 Å². The number of hydrogen-bond acceptors (Lipinski definition) is 4. The Kier molecular flexibility index (Phi) is 4.36. The second-order valence-corrected chi connectivity index (χ2v) is 6.87. The summed E-state index contributed by atoms with van der Waals surface area (Å²) < 4.78 is 26.1. The third-order valence-corrected chi connectivity index (χ3v) is 4.67. The Balaban J connectivity index is 1.66. The standard InChI is InChI=1S/C15H23FN2O4/c1-7(2)6-21-10-4-3-8-5-9-13(19)17-15(20)18-14(9)22-12(8)11(10)16/h7-12,14H,3-6H2,1-2H3,(H2,17,18,19,20). The van der Waals surface area contributed by atoms with E-state index in [4.69, 9.17) is 9.47 Å².